The third-order valence-electron chi connectivity index (χ3n) is 3.72. The maximum atomic E-state index is 5.38. The average molecular weight is 374 g/mol. The van der Waals surface area contributed by atoms with Crippen LogP contribution in [0.1, 0.15) is 18.1 Å². The second-order valence-electron chi connectivity index (χ2n) is 5.35. The fraction of sp³-hybridized carbons (Fsp3) is 0.222. The number of aromatic nitrogens is 1. The molecule has 25 heavy (non-hydrogen) atoms. The second-order valence-corrected chi connectivity index (χ2v) is 7.15. The van der Waals surface area contributed by atoms with E-state index in [2.05, 4.69) is 21.6 Å². The normalized spacial score (nSPS) is 11.4. The van der Waals surface area contributed by atoms with Gasteiger partial charge in [-0.25, -0.2) is 4.98 Å². The summed E-state index contributed by atoms with van der Waals surface area (Å²) in [6.07, 6.45) is 0. The SMILES string of the molecule is COc1cc(C)c(/C(C)=N/Nc2nc(-c3cccs3)cs2)cc1OC. The Bertz CT molecular complexity index is 886. The third kappa shape index (κ3) is 3.83. The highest BCUT2D eigenvalue weighted by molar-refractivity contribution is 7.15. The lowest BCUT2D eigenvalue weighted by atomic mass is 10.0. The molecule has 0 saturated carbocycles. The zero-order chi connectivity index (χ0) is 17.8. The van der Waals surface area contributed by atoms with Gasteiger partial charge in [-0.2, -0.15) is 5.10 Å². The van der Waals surface area contributed by atoms with Crippen molar-refractivity contribution in [3.63, 3.8) is 0 Å². The molecule has 1 N–H and O–H groups in total. The minimum Gasteiger partial charge on any atom is -0.493 e. The molecule has 2 aromatic heterocycles. The number of aryl methyl sites for hydroxylation is 1. The molecule has 7 heteroatoms. The Labute approximate surface area is 155 Å². The van der Waals surface area contributed by atoms with E-state index in [-0.39, 0.29) is 0 Å². The summed E-state index contributed by atoms with van der Waals surface area (Å²) in [4.78, 5) is 5.72. The molecule has 1 aromatic carbocycles. The van der Waals surface area contributed by atoms with Crippen molar-refractivity contribution in [2.45, 2.75) is 13.8 Å². The molecule has 3 rings (SSSR count). The molecule has 0 unspecified atom stereocenters. The number of benzene rings is 1. The standard InChI is InChI=1S/C18H19N3O2S2/c1-11-8-15(22-3)16(23-4)9-13(11)12(2)20-21-18-19-14(10-25-18)17-6-5-7-24-17/h5-10H,1-4H3,(H,19,21)/b20-12+. The lowest BCUT2D eigenvalue weighted by molar-refractivity contribution is 0.354. The quantitative estimate of drug-likeness (QED) is 0.486. The fourth-order valence-corrected chi connectivity index (χ4v) is 3.84. The molecule has 0 radical (unpaired) electrons. The van der Waals surface area contributed by atoms with E-state index >= 15 is 0 Å². The summed E-state index contributed by atoms with van der Waals surface area (Å²) in [6.45, 7) is 3.98. The minimum absolute atomic E-state index is 0.687. The van der Waals surface area contributed by atoms with Crippen LogP contribution in [-0.4, -0.2) is 24.9 Å². The number of thiazole rings is 1. The predicted octanol–water partition coefficient (Wildman–Crippen LogP) is 5.03. The highest BCUT2D eigenvalue weighted by Gasteiger charge is 2.11. The van der Waals surface area contributed by atoms with E-state index < -0.39 is 0 Å². The van der Waals surface area contributed by atoms with E-state index in [0.717, 1.165) is 32.5 Å². The number of nitrogens with zero attached hydrogens (tertiary/aromatic N) is 2. The lowest BCUT2D eigenvalue weighted by Gasteiger charge is -2.12. The largest absolute Gasteiger partial charge is 0.493 e. The van der Waals surface area contributed by atoms with Gasteiger partial charge in [-0.3, -0.25) is 5.43 Å². The van der Waals surface area contributed by atoms with Gasteiger partial charge in [0.2, 0.25) is 5.13 Å². The van der Waals surface area contributed by atoms with Crippen LogP contribution in [0.3, 0.4) is 0 Å². The number of hydrogen-bond donors (Lipinski definition) is 1. The van der Waals surface area contributed by atoms with Crippen LogP contribution in [-0.2, 0) is 0 Å². The molecule has 0 amide bonds. The summed E-state index contributed by atoms with van der Waals surface area (Å²) < 4.78 is 10.7. The van der Waals surface area contributed by atoms with Crippen LogP contribution in [0.2, 0.25) is 0 Å². The van der Waals surface area contributed by atoms with E-state index in [4.69, 9.17) is 9.47 Å². The highest BCUT2D eigenvalue weighted by Crippen LogP contribution is 2.31. The van der Waals surface area contributed by atoms with Crippen LogP contribution in [0.5, 0.6) is 11.5 Å². The van der Waals surface area contributed by atoms with Crippen LogP contribution in [0.4, 0.5) is 5.13 Å². The Hall–Kier alpha value is -2.38. The number of ether oxygens (including phenoxy) is 2. The zero-order valence-corrected chi connectivity index (χ0v) is 16.1. The minimum atomic E-state index is 0.687. The number of rotatable bonds is 6. The van der Waals surface area contributed by atoms with E-state index in [0.29, 0.717) is 11.5 Å². The van der Waals surface area contributed by atoms with Crippen molar-refractivity contribution in [2.75, 3.05) is 19.6 Å². The molecule has 0 atom stereocenters. The average Bonchev–Trinajstić information content (AvgIpc) is 3.30. The molecule has 0 aliphatic heterocycles. The summed E-state index contributed by atoms with van der Waals surface area (Å²) in [5, 5.41) is 9.31. The first-order valence-electron chi connectivity index (χ1n) is 7.65. The summed E-state index contributed by atoms with van der Waals surface area (Å²) in [5.74, 6) is 1.40. The maximum absolute atomic E-state index is 5.38. The van der Waals surface area contributed by atoms with Gasteiger partial charge in [-0.1, -0.05) is 6.07 Å². The number of methoxy groups -OCH3 is 2. The third-order valence-corrected chi connectivity index (χ3v) is 5.36. The van der Waals surface area contributed by atoms with Crippen LogP contribution < -0.4 is 14.9 Å². The molecule has 0 bridgehead atoms. The van der Waals surface area contributed by atoms with Crippen LogP contribution in [0.25, 0.3) is 10.6 Å². The molecule has 3 aromatic rings. The van der Waals surface area contributed by atoms with Crippen molar-refractivity contribution in [3.8, 4) is 22.1 Å². The Morgan fingerprint density at radius 1 is 1.16 bits per heavy atom. The second kappa shape index (κ2) is 7.67. The zero-order valence-electron chi connectivity index (χ0n) is 14.5. The van der Waals surface area contributed by atoms with Gasteiger partial charge in [0, 0.05) is 10.9 Å². The van der Waals surface area contributed by atoms with Crippen molar-refractivity contribution in [2.24, 2.45) is 5.10 Å². The van der Waals surface area contributed by atoms with E-state index in [1.807, 2.05) is 42.8 Å². The molecule has 0 spiro atoms. The molecule has 2 heterocycles. The molecule has 0 aliphatic carbocycles. The summed E-state index contributed by atoms with van der Waals surface area (Å²) >= 11 is 3.21. The highest BCUT2D eigenvalue weighted by atomic mass is 32.1. The van der Waals surface area contributed by atoms with Gasteiger partial charge in [0.15, 0.2) is 11.5 Å². The van der Waals surface area contributed by atoms with Gasteiger partial charge < -0.3 is 9.47 Å². The van der Waals surface area contributed by atoms with Gasteiger partial charge in [0.25, 0.3) is 0 Å². The van der Waals surface area contributed by atoms with Gasteiger partial charge >= 0.3 is 0 Å². The van der Waals surface area contributed by atoms with Gasteiger partial charge in [-0.05, 0) is 43.0 Å². The molecule has 130 valence electrons. The van der Waals surface area contributed by atoms with Gasteiger partial charge in [-0.15, -0.1) is 22.7 Å². The first kappa shape index (κ1) is 17.4. The number of nitrogens with one attached hydrogen (secondary N) is 1. The number of anilines is 1. The lowest BCUT2D eigenvalue weighted by Crippen LogP contribution is -2.03. The van der Waals surface area contributed by atoms with Crippen LogP contribution >= 0.6 is 22.7 Å². The number of thiophene rings is 1. The monoisotopic (exact) mass is 373 g/mol. The molecule has 0 aliphatic rings. The van der Waals surface area contributed by atoms with Crippen molar-refractivity contribution < 1.29 is 9.47 Å². The Balaban J connectivity index is 1.80. The van der Waals surface area contributed by atoms with E-state index in [1.54, 1.807) is 25.6 Å². The molecule has 5 nitrogen and oxygen atoms in total. The first-order valence-corrected chi connectivity index (χ1v) is 9.41. The number of hydrogen-bond acceptors (Lipinski definition) is 7. The smallest absolute Gasteiger partial charge is 0.203 e. The Kier molecular flexibility index (Phi) is 5.35. The van der Waals surface area contributed by atoms with Crippen LogP contribution in [0, 0.1) is 6.92 Å². The van der Waals surface area contributed by atoms with Crippen molar-refractivity contribution in [3.05, 3.63) is 46.2 Å². The van der Waals surface area contributed by atoms with Gasteiger partial charge in [0.05, 0.1) is 30.5 Å². The van der Waals surface area contributed by atoms with Gasteiger partial charge in [0.1, 0.15) is 0 Å². The van der Waals surface area contributed by atoms with Crippen molar-refractivity contribution in [1.82, 2.24) is 4.98 Å². The summed E-state index contributed by atoms with van der Waals surface area (Å²) in [5.41, 5.74) is 6.94. The van der Waals surface area contributed by atoms with Crippen molar-refractivity contribution in [1.29, 1.82) is 0 Å². The fourth-order valence-electron chi connectivity index (χ4n) is 2.42. The van der Waals surface area contributed by atoms with E-state index in [1.165, 1.54) is 11.3 Å². The molecule has 0 saturated heterocycles. The predicted molar refractivity (Wildman–Crippen MR) is 106 cm³/mol. The maximum Gasteiger partial charge on any atom is 0.203 e. The summed E-state index contributed by atoms with van der Waals surface area (Å²) in [7, 11) is 3.26. The topological polar surface area (TPSA) is 55.7 Å². The summed E-state index contributed by atoms with van der Waals surface area (Å²) in [6, 6.07) is 7.97. The molecular formula is C18H19N3O2S2. The van der Waals surface area contributed by atoms with Crippen LogP contribution in [0.15, 0.2) is 40.1 Å². The molecular weight excluding hydrogens is 354 g/mol. The Morgan fingerprint density at radius 2 is 1.92 bits per heavy atom. The first-order chi connectivity index (χ1) is 12.1. The Morgan fingerprint density at radius 3 is 2.60 bits per heavy atom. The van der Waals surface area contributed by atoms with Crippen molar-refractivity contribution >= 4 is 33.5 Å². The molecule has 0 fully saturated rings. The number of hydrazone groups is 1. The van der Waals surface area contributed by atoms with E-state index in [9.17, 15) is 0 Å².